The molecule has 0 aliphatic carbocycles. The summed E-state index contributed by atoms with van der Waals surface area (Å²) >= 11 is 0. The number of esters is 1. The summed E-state index contributed by atoms with van der Waals surface area (Å²) < 4.78 is 25.7. The number of Topliss-reactive ketones (excluding diaryl/α,β-unsaturated/α-hetero) is 1. The third kappa shape index (κ3) is 17.8. The van der Waals surface area contributed by atoms with Crippen molar-refractivity contribution in [1.82, 2.24) is 5.32 Å². The maximum Gasteiger partial charge on any atom is 0.307 e. The molecule has 0 aromatic carbocycles. The maximum atomic E-state index is 11.5. The van der Waals surface area contributed by atoms with E-state index in [0.29, 0.717) is 59.4 Å². The average Bonchev–Trinajstić information content (AvgIpc) is 2.68. The summed E-state index contributed by atoms with van der Waals surface area (Å²) in [6.45, 7) is 7.40. The first-order valence-corrected chi connectivity index (χ1v) is 9.64. The molecule has 9 nitrogen and oxygen atoms in total. The molecule has 0 fully saturated rings. The number of nitrogens with one attached hydrogen (secondary N) is 1. The zero-order valence-electron chi connectivity index (χ0n) is 17.3. The largest absolute Gasteiger partial charge is 0.469 e. The molecule has 164 valence electrons. The average molecular weight is 405 g/mol. The summed E-state index contributed by atoms with van der Waals surface area (Å²) in [6, 6.07) is 0. The zero-order valence-corrected chi connectivity index (χ0v) is 17.3. The van der Waals surface area contributed by atoms with Gasteiger partial charge < -0.3 is 29.0 Å². The third-order valence-electron chi connectivity index (χ3n) is 3.61. The summed E-state index contributed by atoms with van der Waals surface area (Å²) in [5, 5.41) is 2.71. The number of hydrogen-bond acceptors (Lipinski definition) is 8. The van der Waals surface area contributed by atoms with Crippen molar-refractivity contribution in [3.63, 3.8) is 0 Å². The number of ketones is 1. The highest BCUT2D eigenvalue weighted by molar-refractivity contribution is 5.85. The van der Waals surface area contributed by atoms with Crippen LogP contribution >= 0.6 is 0 Å². The molecular weight excluding hydrogens is 370 g/mol. The maximum absolute atomic E-state index is 11.5. The van der Waals surface area contributed by atoms with Crippen LogP contribution in [0.1, 0.15) is 33.1 Å². The fraction of sp³-hybridized carbons (Fsp3) is 0.842. The number of methoxy groups -OCH3 is 1. The van der Waals surface area contributed by atoms with Gasteiger partial charge in [0.1, 0.15) is 5.78 Å². The Morgan fingerprint density at radius 2 is 1.21 bits per heavy atom. The summed E-state index contributed by atoms with van der Waals surface area (Å²) in [5.41, 5.74) is 0. The van der Waals surface area contributed by atoms with Crippen LogP contribution in [0.25, 0.3) is 0 Å². The molecule has 28 heavy (non-hydrogen) atoms. The molecule has 9 heteroatoms. The van der Waals surface area contributed by atoms with Gasteiger partial charge in [-0.3, -0.25) is 14.4 Å². The number of rotatable bonds is 19. The molecule has 0 spiro atoms. The van der Waals surface area contributed by atoms with E-state index in [0.717, 1.165) is 0 Å². The van der Waals surface area contributed by atoms with Crippen molar-refractivity contribution in [1.29, 1.82) is 0 Å². The van der Waals surface area contributed by atoms with E-state index < -0.39 is 0 Å². The first-order valence-electron chi connectivity index (χ1n) is 9.64. The summed E-state index contributed by atoms with van der Waals surface area (Å²) in [6.07, 6.45) is 0.734. The number of carbonyl (C=O) groups is 3. The Bertz CT molecular complexity index is 428. The molecule has 0 heterocycles. The minimum absolute atomic E-state index is 0.0344. The predicted molar refractivity (Wildman–Crippen MR) is 102 cm³/mol. The molecule has 0 unspecified atom stereocenters. The Morgan fingerprint density at radius 3 is 1.71 bits per heavy atom. The Labute approximate surface area is 167 Å². The van der Waals surface area contributed by atoms with Gasteiger partial charge in [-0.25, -0.2) is 0 Å². The van der Waals surface area contributed by atoms with Gasteiger partial charge in [-0.15, -0.1) is 0 Å². The van der Waals surface area contributed by atoms with Gasteiger partial charge >= 0.3 is 5.97 Å². The summed E-state index contributed by atoms with van der Waals surface area (Å²) in [7, 11) is 1.34. The fourth-order valence-electron chi connectivity index (χ4n) is 1.90. The molecule has 0 aliphatic heterocycles. The molecular formula is C19H35NO8. The van der Waals surface area contributed by atoms with Crippen LogP contribution in [0.15, 0.2) is 0 Å². The number of ether oxygens (including phenoxy) is 5. The first-order chi connectivity index (χ1) is 13.5. The minimum Gasteiger partial charge on any atom is -0.469 e. The second-order valence-corrected chi connectivity index (χ2v) is 6.25. The lowest BCUT2D eigenvalue weighted by molar-refractivity contribution is -0.142. The van der Waals surface area contributed by atoms with Crippen molar-refractivity contribution >= 4 is 17.7 Å². The van der Waals surface area contributed by atoms with E-state index in [-0.39, 0.29) is 42.8 Å². The van der Waals surface area contributed by atoms with Gasteiger partial charge in [0.15, 0.2) is 0 Å². The molecule has 1 amide bonds. The molecule has 0 aliphatic rings. The van der Waals surface area contributed by atoms with E-state index in [1.807, 2.05) is 13.8 Å². The van der Waals surface area contributed by atoms with Crippen LogP contribution in [0.2, 0.25) is 0 Å². The number of hydrogen-bond donors (Lipinski definition) is 1. The van der Waals surface area contributed by atoms with E-state index in [9.17, 15) is 14.4 Å². The highest BCUT2D eigenvalue weighted by atomic mass is 16.6. The monoisotopic (exact) mass is 405 g/mol. The van der Waals surface area contributed by atoms with E-state index >= 15 is 0 Å². The minimum atomic E-state index is -0.294. The second-order valence-electron chi connectivity index (χ2n) is 6.25. The van der Waals surface area contributed by atoms with Crippen LogP contribution < -0.4 is 5.32 Å². The molecule has 0 saturated heterocycles. The van der Waals surface area contributed by atoms with Gasteiger partial charge in [0, 0.05) is 25.3 Å². The highest BCUT2D eigenvalue weighted by Gasteiger charge is 2.09. The second kappa shape index (κ2) is 18.8. The Kier molecular flexibility index (Phi) is 17.8. The molecule has 0 radical (unpaired) electrons. The van der Waals surface area contributed by atoms with Crippen molar-refractivity contribution in [2.45, 2.75) is 33.1 Å². The molecule has 0 atom stereocenters. The zero-order chi connectivity index (χ0) is 21.0. The van der Waals surface area contributed by atoms with Crippen LogP contribution in [0.5, 0.6) is 0 Å². The van der Waals surface area contributed by atoms with Gasteiger partial charge in [0.2, 0.25) is 5.91 Å². The molecule has 0 aromatic heterocycles. The van der Waals surface area contributed by atoms with Gasteiger partial charge in [0.05, 0.1) is 66.4 Å². The SMILES string of the molecule is COC(=O)CCOCCOCCOCCOCCNC(=O)CCC(=O)C(C)C. The van der Waals surface area contributed by atoms with E-state index in [2.05, 4.69) is 10.1 Å². The normalized spacial score (nSPS) is 10.9. The van der Waals surface area contributed by atoms with E-state index in [1.54, 1.807) is 0 Å². The summed E-state index contributed by atoms with van der Waals surface area (Å²) in [4.78, 5) is 33.8. The van der Waals surface area contributed by atoms with Gasteiger partial charge in [-0.2, -0.15) is 0 Å². The fourth-order valence-corrected chi connectivity index (χ4v) is 1.90. The van der Waals surface area contributed by atoms with Crippen LogP contribution in [-0.4, -0.2) is 84.2 Å². The van der Waals surface area contributed by atoms with Gasteiger partial charge in [0.25, 0.3) is 0 Å². The number of carbonyl (C=O) groups excluding carboxylic acids is 3. The number of amides is 1. The van der Waals surface area contributed by atoms with Crippen molar-refractivity contribution in [2.24, 2.45) is 5.92 Å². The van der Waals surface area contributed by atoms with Crippen molar-refractivity contribution in [2.75, 3.05) is 66.5 Å². The Hall–Kier alpha value is -1.55. The lowest BCUT2D eigenvalue weighted by Crippen LogP contribution is -2.28. The van der Waals surface area contributed by atoms with Gasteiger partial charge in [-0.05, 0) is 0 Å². The Balaban J connectivity index is 3.22. The van der Waals surface area contributed by atoms with Crippen LogP contribution in [-0.2, 0) is 38.1 Å². The smallest absolute Gasteiger partial charge is 0.307 e. The van der Waals surface area contributed by atoms with E-state index in [4.69, 9.17) is 18.9 Å². The standard InChI is InChI=1S/C19H35NO8/c1-16(2)17(21)4-5-18(22)20-7-9-26-11-13-28-15-14-27-12-10-25-8-6-19(23)24-3/h16H,4-15H2,1-3H3,(H,20,22). The summed E-state index contributed by atoms with van der Waals surface area (Å²) in [5.74, 6) is -0.371. The van der Waals surface area contributed by atoms with Crippen molar-refractivity contribution < 1.29 is 38.1 Å². The molecule has 0 bridgehead atoms. The predicted octanol–water partition coefficient (Wildman–Crippen LogP) is 0.737. The lowest BCUT2D eigenvalue weighted by Gasteiger charge is -2.08. The Morgan fingerprint density at radius 1 is 0.714 bits per heavy atom. The quantitative estimate of drug-likeness (QED) is 0.248. The van der Waals surface area contributed by atoms with Crippen LogP contribution in [0.4, 0.5) is 0 Å². The molecule has 0 aromatic rings. The van der Waals surface area contributed by atoms with Gasteiger partial charge in [-0.1, -0.05) is 13.8 Å². The third-order valence-corrected chi connectivity index (χ3v) is 3.61. The molecule has 1 N–H and O–H groups in total. The highest BCUT2D eigenvalue weighted by Crippen LogP contribution is 2.01. The van der Waals surface area contributed by atoms with Crippen molar-refractivity contribution in [3.05, 3.63) is 0 Å². The molecule has 0 saturated carbocycles. The first kappa shape index (κ1) is 26.4. The van der Waals surface area contributed by atoms with Crippen LogP contribution in [0, 0.1) is 5.92 Å². The topological polar surface area (TPSA) is 109 Å². The van der Waals surface area contributed by atoms with E-state index in [1.165, 1.54) is 7.11 Å². The van der Waals surface area contributed by atoms with Crippen molar-refractivity contribution in [3.8, 4) is 0 Å². The van der Waals surface area contributed by atoms with Crippen LogP contribution in [0.3, 0.4) is 0 Å². The molecule has 0 rings (SSSR count). The lowest BCUT2D eigenvalue weighted by atomic mass is 10.0.